The molecule has 1 saturated carbocycles. The van der Waals surface area contributed by atoms with Gasteiger partial charge in [-0.05, 0) is 34.7 Å². The summed E-state index contributed by atoms with van der Waals surface area (Å²) in [5.41, 5.74) is 5.73. The van der Waals surface area contributed by atoms with Gasteiger partial charge in [-0.1, -0.05) is 0 Å². The number of carbonyl (C=O) groups is 1. The molecule has 14 heavy (non-hydrogen) atoms. The third-order valence-electron chi connectivity index (χ3n) is 2.27. The molecule has 0 aliphatic heterocycles. The van der Waals surface area contributed by atoms with Gasteiger partial charge in [-0.3, -0.25) is 9.89 Å². The second kappa shape index (κ2) is 3.70. The minimum Gasteiger partial charge on any atom is -0.320 e. The van der Waals surface area contributed by atoms with Gasteiger partial charge in [0, 0.05) is 0 Å². The molecule has 0 saturated heterocycles. The summed E-state index contributed by atoms with van der Waals surface area (Å²) in [6.45, 7) is 0. The number of halogens is 1. The van der Waals surface area contributed by atoms with E-state index >= 15 is 0 Å². The molecule has 6 heteroatoms. The zero-order valence-electron chi connectivity index (χ0n) is 7.46. The predicted octanol–water partition coefficient (Wildman–Crippen LogP) is 0.848. The second-order valence-electron chi connectivity index (χ2n) is 3.45. The van der Waals surface area contributed by atoms with Crippen molar-refractivity contribution in [1.29, 1.82) is 0 Å². The minimum absolute atomic E-state index is 0.155. The van der Waals surface area contributed by atoms with Crippen LogP contribution in [0, 0.1) is 5.92 Å². The van der Waals surface area contributed by atoms with E-state index < -0.39 is 6.04 Å². The average Bonchev–Trinajstić information content (AvgIpc) is 2.92. The van der Waals surface area contributed by atoms with Crippen LogP contribution in [0.3, 0.4) is 0 Å². The number of anilines is 1. The maximum atomic E-state index is 11.5. The smallest absolute Gasteiger partial charge is 0.242 e. The summed E-state index contributed by atoms with van der Waals surface area (Å²) < 4.78 is 0.730. The molecule has 1 aliphatic carbocycles. The topological polar surface area (TPSA) is 83.8 Å². The molecule has 5 nitrogen and oxygen atoms in total. The van der Waals surface area contributed by atoms with Gasteiger partial charge >= 0.3 is 0 Å². The van der Waals surface area contributed by atoms with E-state index in [-0.39, 0.29) is 5.91 Å². The lowest BCUT2D eigenvalue weighted by Crippen LogP contribution is -2.37. The number of hydrogen-bond donors (Lipinski definition) is 3. The van der Waals surface area contributed by atoms with Crippen LogP contribution in [0.4, 0.5) is 5.82 Å². The highest BCUT2D eigenvalue weighted by molar-refractivity contribution is 9.10. The lowest BCUT2D eigenvalue weighted by Gasteiger charge is -2.09. The summed E-state index contributed by atoms with van der Waals surface area (Å²) >= 11 is 3.25. The quantitative estimate of drug-likeness (QED) is 0.752. The van der Waals surface area contributed by atoms with E-state index in [1.165, 1.54) is 0 Å². The van der Waals surface area contributed by atoms with E-state index in [0.717, 1.165) is 17.3 Å². The Morgan fingerprint density at radius 3 is 3.00 bits per heavy atom. The van der Waals surface area contributed by atoms with Crippen LogP contribution in [0.2, 0.25) is 0 Å². The molecule has 1 fully saturated rings. The molecule has 1 heterocycles. The van der Waals surface area contributed by atoms with E-state index in [2.05, 4.69) is 31.4 Å². The number of aromatic nitrogens is 2. The molecular weight excluding hydrogens is 248 g/mol. The van der Waals surface area contributed by atoms with Crippen molar-refractivity contribution in [2.75, 3.05) is 5.32 Å². The van der Waals surface area contributed by atoms with Crippen molar-refractivity contribution in [1.82, 2.24) is 10.2 Å². The van der Waals surface area contributed by atoms with E-state index in [1.807, 2.05) is 0 Å². The molecule has 1 aliphatic rings. The fraction of sp³-hybridized carbons (Fsp3) is 0.500. The van der Waals surface area contributed by atoms with Crippen molar-refractivity contribution >= 4 is 27.7 Å². The minimum atomic E-state index is -0.398. The fourth-order valence-corrected chi connectivity index (χ4v) is 1.53. The molecule has 1 aromatic heterocycles. The van der Waals surface area contributed by atoms with Crippen LogP contribution in [-0.2, 0) is 4.79 Å². The Labute approximate surface area is 89.6 Å². The monoisotopic (exact) mass is 258 g/mol. The van der Waals surface area contributed by atoms with Gasteiger partial charge in [0.1, 0.15) is 5.82 Å². The highest BCUT2D eigenvalue weighted by Crippen LogP contribution is 2.32. The van der Waals surface area contributed by atoms with Crippen molar-refractivity contribution in [3.8, 4) is 0 Å². The third kappa shape index (κ3) is 1.96. The highest BCUT2D eigenvalue weighted by atomic mass is 79.9. The number of amides is 1. The number of nitrogens with one attached hydrogen (secondary N) is 2. The van der Waals surface area contributed by atoms with Crippen LogP contribution in [0.5, 0.6) is 0 Å². The van der Waals surface area contributed by atoms with Crippen molar-refractivity contribution in [3.05, 3.63) is 10.7 Å². The summed E-state index contributed by atoms with van der Waals surface area (Å²) in [5, 5.41) is 9.12. The highest BCUT2D eigenvalue weighted by Gasteiger charge is 2.33. The molecule has 1 unspecified atom stereocenters. The summed E-state index contributed by atoms with van der Waals surface area (Å²) in [7, 11) is 0. The summed E-state index contributed by atoms with van der Waals surface area (Å²) in [6, 6.07) is -0.398. The Balaban J connectivity index is 1.97. The second-order valence-corrected chi connectivity index (χ2v) is 4.30. The largest absolute Gasteiger partial charge is 0.320 e. The van der Waals surface area contributed by atoms with Gasteiger partial charge in [-0.25, -0.2) is 0 Å². The molecule has 0 aromatic carbocycles. The third-order valence-corrected chi connectivity index (χ3v) is 2.88. The normalized spacial score (nSPS) is 17.9. The Morgan fingerprint density at radius 1 is 1.79 bits per heavy atom. The predicted molar refractivity (Wildman–Crippen MR) is 55.6 cm³/mol. The summed E-state index contributed by atoms with van der Waals surface area (Å²) in [6.07, 6.45) is 3.69. The first-order chi connectivity index (χ1) is 6.68. The molecule has 1 amide bonds. The number of H-pyrrole nitrogens is 1. The fourth-order valence-electron chi connectivity index (χ4n) is 1.24. The van der Waals surface area contributed by atoms with Gasteiger partial charge < -0.3 is 11.1 Å². The Bertz CT molecular complexity index is 347. The van der Waals surface area contributed by atoms with Crippen LogP contribution < -0.4 is 11.1 Å². The van der Waals surface area contributed by atoms with Gasteiger partial charge in [0.25, 0.3) is 0 Å². The number of nitrogens with two attached hydrogens (primary N) is 1. The number of aromatic amines is 1. The van der Waals surface area contributed by atoms with Gasteiger partial charge in [0.15, 0.2) is 0 Å². The SMILES string of the molecule is NC(C(=O)Nc1[nH]ncc1Br)C1CC1. The standard InChI is InChI=1S/C8H11BrN4O/c9-5-3-11-13-7(5)12-8(14)6(10)4-1-2-4/h3-4,6H,1-2,10H2,(H2,11,12,13,14). The van der Waals surface area contributed by atoms with Gasteiger partial charge in [0.05, 0.1) is 16.7 Å². The zero-order valence-corrected chi connectivity index (χ0v) is 9.04. The van der Waals surface area contributed by atoms with Crippen LogP contribution in [0.25, 0.3) is 0 Å². The van der Waals surface area contributed by atoms with Crippen molar-refractivity contribution in [2.24, 2.45) is 11.7 Å². The molecular formula is C8H11BrN4O. The lowest BCUT2D eigenvalue weighted by molar-refractivity contribution is -0.117. The number of rotatable bonds is 3. The molecule has 1 atom stereocenters. The van der Waals surface area contributed by atoms with Gasteiger partial charge in [-0.2, -0.15) is 5.10 Å². The molecule has 2 rings (SSSR count). The van der Waals surface area contributed by atoms with Gasteiger partial charge in [-0.15, -0.1) is 0 Å². The number of carbonyl (C=O) groups excluding carboxylic acids is 1. The first-order valence-electron chi connectivity index (χ1n) is 4.44. The Morgan fingerprint density at radius 2 is 2.50 bits per heavy atom. The molecule has 1 aromatic rings. The summed E-state index contributed by atoms with van der Waals surface area (Å²) in [4.78, 5) is 11.5. The molecule has 0 radical (unpaired) electrons. The van der Waals surface area contributed by atoms with Crippen LogP contribution in [0.15, 0.2) is 10.7 Å². The van der Waals surface area contributed by atoms with Crippen molar-refractivity contribution in [2.45, 2.75) is 18.9 Å². The molecule has 0 bridgehead atoms. The first-order valence-corrected chi connectivity index (χ1v) is 5.23. The van der Waals surface area contributed by atoms with Crippen LogP contribution in [0.1, 0.15) is 12.8 Å². The first kappa shape index (κ1) is 9.67. The Hall–Kier alpha value is -0.880. The maximum absolute atomic E-state index is 11.5. The molecule has 0 spiro atoms. The Kier molecular flexibility index (Phi) is 2.56. The van der Waals surface area contributed by atoms with E-state index in [9.17, 15) is 4.79 Å². The van der Waals surface area contributed by atoms with Crippen molar-refractivity contribution in [3.63, 3.8) is 0 Å². The average molecular weight is 259 g/mol. The zero-order chi connectivity index (χ0) is 10.1. The lowest BCUT2D eigenvalue weighted by atomic mass is 10.2. The van der Waals surface area contributed by atoms with E-state index in [1.54, 1.807) is 6.20 Å². The van der Waals surface area contributed by atoms with Gasteiger partial charge in [0.2, 0.25) is 5.91 Å². The van der Waals surface area contributed by atoms with Crippen LogP contribution in [-0.4, -0.2) is 22.1 Å². The molecule has 76 valence electrons. The van der Waals surface area contributed by atoms with Crippen LogP contribution >= 0.6 is 15.9 Å². The van der Waals surface area contributed by atoms with E-state index in [0.29, 0.717) is 11.7 Å². The maximum Gasteiger partial charge on any atom is 0.242 e. The number of nitrogens with zero attached hydrogens (tertiary/aromatic N) is 1. The molecule has 4 N–H and O–H groups in total. The van der Waals surface area contributed by atoms with E-state index in [4.69, 9.17) is 5.73 Å². The summed E-state index contributed by atoms with van der Waals surface area (Å²) in [5.74, 6) is 0.764. The van der Waals surface area contributed by atoms with Crippen molar-refractivity contribution < 1.29 is 4.79 Å². The number of hydrogen-bond acceptors (Lipinski definition) is 3.